The summed E-state index contributed by atoms with van der Waals surface area (Å²) in [5, 5.41) is 0. The largest absolute Gasteiger partial charge is 0.462 e. The van der Waals surface area contributed by atoms with E-state index in [9.17, 15) is 14.4 Å². The minimum absolute atomic E-state index is 0.0704. The van der Waals surface area contributed by atoms with Crippen LogP contribution in [0, 0.1) is 0 Å². The molecule has 0 radical (unpaired) electrons. The maximum atomic E-state index is 12.9. The highest BCUT2D eigenvalue weighted by Crippen LogP contribution is 2.18. The summed E-state index contributed by atoms with van der Waals surface area (Å²) in [4.78, 5) is 38.5. The molecule has 0 fully saturated rings. The fourth-order valence-electron chi connectivity index (χ4n) is 10.6. The van der Waals surface area contributed by atoms with Crippen molar-refractivity contribution in [3.63, 3.8) is 0 Å². The molecule has 78 heavy (non-hydrogen) atoms. The second kappa shape index (κ2) is 67.1. The maximum Gasteiger partial charge on any atom is 0.306 e. The Morgan fingerprint density at radius 1 is 0.256 bits per heavy atom. The van der Waals surface area contributed by atoms with Crippen molar-refractivity contribution in [1.82, 2.24) is 0 Å². The van der Waals surface area contributed by atoms with Crippen LogP contribution in [0.4, 0.5) is 0 Å². The average molecular weight is 1100 g/mol. The van der Waals surface area contributed by atoms with Gasteiger partial charge in [0.2, 0.25) is 0 Å². The molecule has 0 N–H and O–H groups in total. The minimum atomic E-state index is -0.775. The molecule has 0 saturated carbocycles. The lowest BCUT2D eigenvalue weighted by Gasteiger charge is -2.18. The Hall–Kier alpha value is -2.37. The van der Waals surface area contributed by atoms with Crippen molar-refractivity contribution in [2.75, 3.05) is 13.2 Å². The number of ether oxygens (including phenoxy) is 3. The summed E-state index contributed by atoms with van der Waals surface area (Å²) in [6.45, 7) is 6.68. The summed E-state index contributed by atoms with van der Waals surface area (Å²) < 4.78 is 17.0. The first-order valence-corrected chi connectivity index (χ1v) is 35.0. The fourth-order valence-corrected chi connectivity index (χ4v) is 10.6. The lowest BCUT2D eigenvalue weighted by Crippen LogP contribution is -2.30. The second-order valence-electron chi connectivity index (χ2n) is 23.8. The van der Waals surface area contributed by atoms with Crippen LogP contribution in [0.15, 0.2) is 36.5 Å². The first-order valence-electron chi connectivity index (χ1n) is 35.0. The highest BCUT2D eigenvalue weighted by molar-refractivity contribution is 5.71. The lowest BCUT2D eigenvalue weighted by atomic mass is 10.0. The van der Waals surface area contributed by atoms with Gasteiger partial charge in [-0.3, -0.25) is 14.4 Å². The third kappa shape index (κ3) is 64.5. The molecule has 0 spiro atoms. The van der Waals surface area contributed by atoms with Gasteiger partial charge >= 0.3 is 17.9 Å². The highest BCUT2D eigenvalue weighted by atomic mass is 16.6. The molecule has 0 rings (SSSR count). The predicted octanol–water partition coefficient (Wildman–Crippen LogP) is 23.9. The van der Waals surface area contributed by atoms with E-state index in [4.69, 9.17) is 14.2 Å². The molecule has 6 heteroatoms. The van der Waals surface area contributed by atoms with Crippen LogP contribution >= 0.6 is 0 Å². The number of allylic oxidation sites excluding steroid dienone is 6. The molecule has 1 atom stereocenters. The molecule has 0 bridgehead atoms. The molecule has 0 aliphatic carbocycles. The van der Waals surface area contributed by atoms with Crippen molar-refractivity contribution >= 4 is 17.9 Å². The topological polar surface area (TPSA) is 78.9 Å². The van der Waals surface area contributed by atoms with Crippen LogP contribution in [0.2, 0.25) is 0 Å². The summed E-state index contributed by atoms with van der Waals surface area (Å²) in [6, 6.07) is 0. The van der Waals surface area contributed by atoms with Gasteiger partial charge in [-0.15, -0.1) is 0 Å². The van der Waals surface area contributed by atoms with E-state index < -0.39 is 6.10 Å². The van der Waals surface area contributed by atoms with Gasteiger partial charge < -0.3 is 14.2 Å². The molecule has 0 aromatic heterocycles. The van der Waals surface area contributed by atoms with Gasteiger partial charge in [0, 0.05) is 19.3 Å². The van der Waals surface area contributed by atoms with E-state index in [1.807, 2.05) is 0 Å². The standard InChI is InChI=1S/C72H134O6/c1-4-7-10-13-16-19-22-25-28-31-34-35-36-37-39-41-44-47-50-53-56-59-62-65-71(74)77-68-69(67-76-70(73)64-61-58-55-52-49-46-43-40-33-30-27-24-21-18-15-12-9-6-3)78-72(75)66-63-60-57-54-51-48-45-42-38-32-29-26-23-20-17-14-11-8-5-2/h17,20,26,29-30,33,69H,4-16,18-19,21-25,27-28,31-32,34-68H2,1-3H3/b20-17-,29-26-,33-30-. The zero-order valence-electron chi connectivity index (χ0n) is 52.7. The van der Waals surface area contributed by atoms with E-state index in [1.165, 1.54) is 283 Å². The third-order valence-corrected chi connectivity index (χ3v) is 15.9. The molecular weight excluding hydrogens is 961 g/mol. The van der Waals surface area contributed by atoms with Crippen LogP contribution in [0.25, 0.3) is 0 Å². The number of esters is 3. The summed E-state index contributed by atoms with van der Waals surface area (Å²) in [5.41, 5.74) is 0. The third-order valence-electron chi connectivity index (χ3n) is 15.9. The van der Waals surface area contributed by atoms with Crippen LogP contribution in [0.1, 0.15) is 387 Å². The monoisotopic (exact) mass is 1100 g/mol. The maximum absolute atomic E-state index is 12.9. The van der Waals surface area contributed by atoms with E-state index in [0.717, 1.165) is 64.2 Å². The van der Waals surface area contributed by atoms with Crippen molar-refractivity contribution in [3.05, 3.63) is 36.5 Å². The van der Waals surface area contributed by atoms with Crippen LogP contribution in [0.5, 0.6) is 0 Å². The smallest absolute Gasteiger partial charge is 0.306 e. The quantitative estimate of drug-likeness (QED) is 0.0261. The Morgan fingerprint density at radius 2 is 0.462 bits per heavy atom. The first-order chi connectivity index (χ1) is 38.5. The van der Waals surface area contributed by atoms with Gasteiger partial charge in [-0.1, -0.05) is 327 Å². The van der Waals surface area contributed by atoms with Crippen molar-refractivity contribution < 1.29 is 28.6 Å². The molecule has 0 aliphatic heterocycles. The first kappa shape index (κ1) is 75.6. The Balaban J connectivity index is 4.31. The molecule has 0 aromatic carbocycles. The zero-order chi connectivity index (χ0) is 56.4. The van der Waals surface area contributed by atoms with Gasteiger partial charge in [-0.2, -0.15) is 0 Å². The van der Waals surface area contributed by atoms with Gasteiger partial charge in [0.05, 0.1) is 0 Å². The summed E-state index contributed by atoms with van der Waals surface area (Å²) >= 11 is 0. The molecule has 6 nitrogen and oxygen atoms in total. The molecule has 0 amide bonds. The SMILES string of the molecule is CCCCC/C=C\C/C=C\CCCCCCCCCCCC(=O)OC(COC(=O)CCCCCCCCC/C=C\CCCCCCCCC)COC(=O)CCCCCCCCCCCCCCCCCCCCCCCCC. The molecule has 1 unspecified atom stereocenters. The molecule has 458 valence electrons. The van der Waals surface area contributed by atoms with Crippen LogP contribution in [0.3, 0.4) is 0 Å². The molecule has 0 saturated heterocycles. The number of carbonyl (C=O) groups is 3. The zero-order valence-corrected chi connectivity index (χ0v) is 52.7. The minimum Gasteiger partial charge on any atom is -0.462 e. The van der Waals surface area contributed by atoms with Gasteiger partial charge in [0.1, 0.15) is 13.2 Å². The van der Waals surface area contributed by atoms with Gasteiger partial charge in [-0.05, 0) is 77.0 Å². The molecule has 0 aliphatic rings. The Kier molecular flexibility index (Phi) is 65.1. The van der Waals surface area contributed by atoms with E-state index in [2.05, 4.69) is 57.2 Å². The van der Waals surface area contributed by atoms with Gasteiger partial charge in [-0.25, -0.2) is 0 Å². The lowest BCUT2D eigenvalue weighted by molar-refractivity contribution is -0.167. The molecular formula is C72H134O6. The Labute approximate surface area is 486 Å². The summed E-state index contributed by atoms with van der Waals surface area (Å²) in [7, 11) is 0. The van der Waals surface area contributed by atoms with Crippen molar-refractivity contribution in [2.45, 2.75) is 393 Å². The number of rotatable bonds is 65. The summed E-state index contributed by atoms with van der Waals surface area (Å²) in [5.74, 6) is -0.850. The van der Waals surface area contributed by atoms with Crippen molar-refractivity contribution in [3.8, 4) is 0 Å². The molecule has 0 heterocycles. The Morgan fingerprint density at radius 3 is 0.744 bits per heavy atom. The van der Waals surface area contributed by atoms with Crippen LogP contribution in [-0.2, 0) is 28.6 Å². The predicted molar refractivity (Wildman–Crippen MR) is 339 cm³/mol. The van der Waals surface area contributed by atoms with Crippen LogP contribution in [-0.4, -0.2) is 37.2 Å². The van der Waals surface area contributed by atoms with E-state index >= 15 is 0 Å². The average Bonchev–Trinajstić information content (AvgIpc) is 3.44. The van der Waals surface area contributed by atoms with Crippen LogP contribution < -0.4 is 0 Å². The summed E-state index contributed by atoms with van der Waals surface area (Å²) in [6.07, 6.45) is 83.0. The van der Waals surface area contributed by atoms with Crippen molar-refractivity contribution in [1.29, 1.82) is 0 Å². The van der Waals surface area contributed by atoms with Crippen molar-refractivity contribution in [2.24, 2.45) is 0 Å². The number of carbonyl (C=O) groups excluding carboxylic acids is 3. The number of unbranched alkanes of at least 4 members (excludes halogenated alkanes) is 48. The number of hydrogen-bond donors (Lipinski definition) is 0. The van der Waals surface area contributed by atoms with E-state index in [1.54, 1.807) is 0 Å². The Bertz CT molecular complexity index is 1300. The van der Waals surface area contributed by atoms with Gasteiger partial charge in [0.25, 0.3) is 0 Å². The van der Waals surface area contributed by atoms with E-state index in [0.29, 0.717) is 19.3 Å². The second-order valence-corrected chi connectivity index (χ2v) is 23.8. The van der Waals surface area contributed by atoms with Gasteiger partial charge in [0.15, 0.2) is 6.10 Å². The number of hydrogen-bond acceptors (Lipinski definition) is 6. The highest BCUT2D eigenvalue weighted by Gasteiger charge is 2.19. The van der Waals surface area contributed by atoms with E-state index in [-0.39, 0.29) is 31.1 Å². The molecule has 0 aromatic rings. The normalized spacial score (nSPS) is 12.2. The fraction of sp³-hybridized carbons (Fsp3) is 0.875.